The number of nitrogens with zero attached hydrogens (tertiary/aromatic N) is 4. The summed E-state index contributed by atoms with van der Waals surface area (Å²) in [5.41, 5.74) is 2.85. The lowest BCUT2D eigenvalue weighted by molar-refractivity contribution is -0.383. The van der Waals surface area contributed by atoms with Crippen LogP contribution in [0.3, 0.4) is 0 Å². The van der Waals surface area contributed by atoms with Crippen LogP contribution in [0.15, 0.2) is 73.2 Å². The van der Waals surface area contributed by atoms with Crippen molar-refractivity contribution in [2.75, 3.05) is 17.2 Å². The summed E-state index contributed by atoms with van der Waals surface area (Å²) < 4.78 is 0. The number of anilines is 2. The van der Waals surface area contributed by atoms with Gasteiger partial charge in [0.25, 0.3) is 5.69 Å². The van der Waals surface area contributed by atoms with Crippen molar-refractivity contribution in [3.63, 3.8) is 0 Å². The van der Waals surface area contributed by atoms with Crippen LogP contribution in [0.1, 0.15) is 24.2 Å². The van der Waals surface area contributed by atoms with E-state index in [1.165, 1.54) is 12.4 Å². The molecule has 0 radical (unpaired) electrons. The number of nitro benzene ring substituents is 1. The minimum atomic E-state index is -0.401. The van der Waals surface area contributed by atoms with Crippen LogP contribution in [0.5, 0.6) is 0 Å². The lowest BCUT2D eigenvalue weighted by atomic mass is 10.0. The van der Waals surface area contributed by atoms with Gasteiger partial charge in [-0.1, -0.05) is 36.4 Å². The summed E-state index contributed by atoms with van der Waals surface area (Å²) in [6.07, 6.45) is 3.19. The lowest BCUT2D eigenvalue weighted by Crippen LogP contribution is -2.15. The second kappa shape index (κ2) is 8.52. The molecule has 2 heterocycles. The first-order valence-electron chi connectivity index (χ1n) is 9.56. The van der Waals surface area contributed by atoms with E-state index in [2.05, 4.69) is 25.6 Å². The Morgan fingerprint density at radius 3 is 2.53 bits per heavy atom. The van der Waals surface area contributed by atoms with Gasteiger partial charge >= 0.3 is 0 Å². The highest BCUT2D eigenvalue weighted by molar-refractivity contribution is 5.94. The summed E-state index contributed by atoms with van der Waals surface area (Å²) in [5.74, 6) is 0.505. The van der Waals surface area contributed by atoms with Crippen molar-refractivity contribution in [1.29, 1.82) is 0 Å². The second-order valence-electron chi connectivity index (χ2n) is 6.64. The summed E-state index contributed by atoms with van der Waals surface area (Å²) in [6.45, 7) is 2.45. The number of benzene rings is 2. The van der Waals surface area contributed by atoms with Crippen molar-refractivity contribution >= 4 is 28.1 Å². The molecule has 0 aliphatic carbocycles. The highest BCUT2D eigenvalue weighted by Crippen LogP contribution is 2.34. The summed E-state index contributed by atoms with van der Waals surface area (Å²) >= 11 is 0. The first-order valence-corrected chi connectivity index (χ1v) is 9.56. The van der Waals surface area contributed by atoms with Crippen molar-refractivity contribution in [3.8, 4) is 0 Å². The fraction of sp³-hybridized carbons (Fsp3) is 0.136. The Hall–Kier alpha value is -4.07. The van der Waals surface area contributed by atoms with Crippen LogP contribution < -0.4 is 10.6 Å². The number of rotatable bonds is 7. The van der Waals surface area contributed by atoms with Gasteiger partial charge in [-0.25, -0.2) is 9.97 Å². The number of nitro groups is 1. The van der Waals surface area contributed by atoms with Gasteiger partial charge < -0.3 is 10.6 Å². The Labute approximate surface area is 173 Å². The molecule has 8 heteroatoms. The Bertz CT molecular complexity index is 1130. The molecule has 2 N–H and O–H groups in total. The molecule has 30 heavy (non-hydrogen) atoms. The zero-order valence-electron chi connectivity index (χ0n) is 16.3. The first kappa shape index (κ1) is 19.3. The van der Waals surface area contributed by atoms with Crippen LogP contribution in [0.2, 0.25) is 0 Å². The normalized spacial score (nSPS) is 11.8. The van der Waals surface area contributed by atoms with Gasteiger partial charge in [0, 0.05) is 24.2 Å². The van der Waals surface area contributed by atoms with E-state index in [4.69, 9.17) is 0 Å². The van der Waals surface area contributed by atoms with Crippen molar-refractivity contribution in [3.05, 3.63) is 94.6 Å². The number of hydrogen-bond donors (Lipinski definition) is 2. The minimum Gasteiger partial charge on any atom is -0.380 e. The molecule has 0 amide bonds. The smallest absolute Gasteiger partial charge is 0.293 e. The molecule has 2 aromatic carbocycles. The summed E-state index contributed by atoms with van der Waals surface area (Å²) in [6, 6.07) is 18.5. The van der Waals surface area contributed by atoms with Crippen LogP contribution >= 0.6 is 0 Å². The predicted molar refractivity (Wildman–Crippen MR) is 117 cm³/mol. The molecule has 0 aliphatic heterocycles. The van der Waals surface area contributed by atoms with Gasteiger partial charge in [-0.05, 0) is 30.7 Å². The SMILES string of the molecule is CCNc1cc2ncnc(NC(c3ccccc3)c3ccccn3)c2cc1[N+](=O)[O-]. The Kier molecular flexibility index (Phi) is 5.47. The Morgan fingerprint density at radius 1 is 1.03 bits per heavy atom. The predicted octanol–water partition coefficient (Wildman–Crippen LogP) is 4.57. The van der Waals surface area contributed by atoms with Crippen LogP contribution in [0.25, 0.3) is 10.9 Å². The molecule has 150 valence electrons. The zero-order chi connectivity index (χ0) is 20.9. The number of fused-ring (bicyclic) bond motifs is 1. The maximum Gasteiger partial charge on any atom is 0.293 e. The maximum absolute atomic E-state index is 11.6. The highest BCUT2D eigenvalue weighted by Gasteiger charge is 2.20. The summed E-state index contributed by atoms with van der Waals surface area (Å²) in [4.78, 5) is 24.4. The largest absolute Gasteiger partial charge is 0.380 e. The third-order valence-corrected chi connectivity index (χ3v) is 4.71. The van der Waals surface area contributed by atoms with E-state index in [9.17, 15) is 10.1 Å². The number of nitrogens with one attached hydrogen (secondary N) is 2. The number of pyridine rings is 1. The topological polar surface area (TPSA) is 106 Å². The summed E-state index contributed by atoms with van der Waals surface area (Å²) in [5, 5.41) is 18.6. The Balaban J connectivity index is 1.83. The lowest BCUT2D eigenvalue weighted by Gasteiger charge is -2.20. The van der Waals surface area contributed by atoms with Crippen LogP contribution in [-0.4, -0.2) is 26.4 Å². The molecule has 1 atom stereocenters. The molecule has 4 aromatic rings. The quantitative estimate of drug-likeness (QED) is 0.346. The fourth-order valence-corrected chi connectivity index (χ4v) is 3.35. The van der Waals surface area contributed by atoms with Crippen LogP contribution in [0.4, 0.5) is 17.2 Å². The average molecular weight is 400 g/mol. The molecule has 0 saturated heterocycles. The van der Waals surface area contributed by atoms with Gasteiger partial charge in [0.2, 0.25) is 0 Å². The third kappa shape index (κ3) is 3.88. The molecule has 0 aliphatic rings. The van der Waals surface area contributed by atoms with Crippen molar-refractivity contribution in [1.82, 2.24) is 15.0 Å². The van der Waals surface area contributed by atoms with E-state index in [1.54, 1.807) is 12.3 Å². The average Bonchev–Trinajstić information content (AvgIpc) is 2.78. The molecule has 8 nitrogen and oxygen atoms in total. The second-order valence-corrected chi connectivity index (χ2v) is 6.64. The van der Waals surface area contributed by atoms with Crippen molar-refractivity contribution < 1.29 is 4.92 Å². The maximum atomic E-state index is 11.6. The Morgan fingerprint density at radius 2 is 1.83 bits per heavy atom. The molecule has 4 rings (SSSR count). The van der Waals surface area contributed by atoms with Crippen LogP contribution in [-0.2, 0) is 0 Å². The van der Waals surface area contributed by atoms with Gasteiger partial charge in [-0.15, -0.1) is 0 Å². The van der Waals surface area contributed by atoms with Crippen molar-refractivity contribution in [2.45, 2.75) is 13.0 Å². The highest BCUT2D eigenvalue weighted by atomic mass is 16.6. The molecule has 0 spiro atoms. The van der Waals surface area contributed by atoms with Gasteiger partial charge in [0.15, 0.2) is 0 Å². The van der Waals surface area contributed by atoms with Gasteiger partial charge in [0.1, 0.15) is 17.8 Å². The van der Waals surface area contributed by atoms with E-state index in [0.29, 0.717) is 29.0 Å². The zero-order valence-corrected chi connectivity index (χ0v) is 16.3. The van der Waals surface area contributed by atoms with Crippen molar-refractivity contribution in [2.24, 2.45) is 0 Å². The number of hydrogen-bond acceptors (Lipinski definition) is 7. The molecule has 0 bridgehead atoms. The molecule has 0 saturated carbocycles. The number of aromatic nitrogens is 3. The van der Waals surface area contributed by atoms with E-state index >= 15 is 0 Å². The first-order chi connectivity index (χ1) is 14.7. The molecular weight excluding hydrogens is 380 g/mol. The van der Waals surface area contributed by atoms with E-state index in [-0.39, 0.29) is 11.7 Å². The fourth-order valence-electron chi connectivity index (χ4n) is 3.35. The molecule has 0 fully saturated rings. The minimum absolute atomic E-state index is 0.0173. The standard InChI is InChI=1S/C22H20N6O2/c1-2-23-19-13-18-16(12-20(19)28(29)30)22(26-14-25-18)27-21(15-8-4-3-5-9-15)17-10-6-7-11-24-17/h3-14,21,23H,2H2,1H3,(H,25,26,27). The van der Waals surface area contributed by atoms with E-state index < -0.39 is 4.92 Å². The van der Waals surface area contributed by atoms with Gasteiger partial charge in [-0.2, -0.15) is 0 Å². The van der Waals surface area contributed by atoms with Gasteiger partial charge in [0.05, 0.1) is 22.2 Å². The molecule has 2 aromatic heterocycles. The van der Waals surface area contributed by atoms with E-state index in [1.807, 2.05) is 55.5 Å². The molecule has 1 unspecified atom stereocenters. The molecular formula is C22H20N6O2. The van der Waals surface area contributed by atoms with Gasteiger partial charge in [-0.3, -0.25) is 15.1 Å². The monoisotopic (exact) mass is 400 g/mol. The van der Waals surface area contributed by atoms with Crippen LogP contribution in [0, 0.1) is 10.1 Å². The summed E-state index contributed by atoms with van der Waals surface area (Å²) in [7, 11) is 0. The van der Waals surface area contributed by atoms with E-state index in [0.717, 1.165) is 11.3 Å². The third-order valence-electron chi connectivity index (χ3n) is 4.71.